The lowest BCUT2D eigenvalue weighted by Crippen LogP contribution is -2.30. The fourth-order valence-corrected chi connectivity index (χ4v) is 2.52. The number of aliphatic hydroxyl groups is 1. The number of hydrogen-bond donors (Lipinski definition) is 1. The fraction of sp³-hybridized carbons (Fsp3) is 0.538. The molecule has 0 unspecified atom stereocenters. The zero-order valence-corrected chi connectivity index (χ0v) is 10.6. The second kappa shape index (κ2) is 3.94. The van der Waals surface area contributed by atoms with Crippen molar-refractivity contribution >= 4 is 11.6 Å². The molecule has 1 aliphatic heterocycles. The maximum atomic E-state index is 10.3. The summed E-state index contributed by atoms with van der Waals surface area (Å²) in [5, 5.41) is 10.9. The van der Waals surface area contributed by atoms with Gasteiger partial charge >= 0.3 is 0 Å². The summed E-state index contributed by atoms with van der Waals surface area (Å²) in [5.74, 6) is 1.14. The molecule has 0 spiro atoms. The fourth-order valence-electron chi connectivity index (χ4n) is 2.16. The van der Waals surface area contributed by atoms with Gasteiger partial charge in [-0.15, -0.1) is 0 Å². The molecule has 0 fully saturated rings. The third-order valence-electron chi connectivity index (χ3n) is 3.13. The van der Waals surface area contributed by atoms with Crippen molar-refractivity contribution in [2.45, 2.75) is 38.7 Å². The number of fused-ring (bicyclic) bond motifs is 1. The molecule has 1 aliphatic rings. The van der Waals surface area contributed by atoms with E-state index in [4.69, 9.17) is 16.3 Å². The molecule has 1 heterocycles. The molecule has 0 saturated carbocycles. The SMILES string of the molecule is CC(C)c1ccc(Cl)c2c1OCC[C@@]2(C)O. The minimum atomic E-state index is -0.879. The molecule has 0 aliphatic carbocycles. The molecule has 0 aromatic heterocycles. The maximum Gasteiger partial charge on any atom is 0.130 e. The van der Waals surface area contributed by atoms with Crippen LogP contribution >= 0.6 is 11.6 Å². The van der Waals surface area contributed by atoms with Crippen LogP contribution in [0.15, 0.2) is 12.1 Å². The lowest BCUT2D eigenvalue weighted by molar-refractivity contribution is 0.0143. The van der Waals surface area contributed by atoms with E-state index >= 15 is 0 Å². The average molecular weight is 241 g/mol. The van der Waals surface area contributed by atoms with Gasteiger partial charge in [0.05, 0.1) is 17.2 Å². The molecule has 0 amide bonds. The molecule has 1 atom stereocenters. The standard InChI is InChI=1S/C13H17ClO2/c1-8(2)9-4-5-10(14)11-12(9)16-7-6-13(11,3)15/h4-5,8,15H,6-7H2,1-3H3/t13-/m1/s1. The Kier molecular flexibility index (Phi) is 2.89. The van der Waals surface area contributed by atoms with E-state index in [1.807, 2.05) is 12.1 Å². The lowest BCUT2D eigenvalue weighted by Gasteiger charge is -2.33. The Hall–Kier alpha value is -0.730. The largest absolute Gasteiger partial charge is 0.493 e. The van der Waals surface area contributed by atoms with Gasteiger partial charge in [-0.2, -0.15) is 0 Å². The predicted octanol–water partition coefficient (Wildman–Crippen LogP) is 3.45. The number of ether oxygens (including phenoxy) is 1. The van der Waals surface area contributed by atoms with Gasteiger partial charge < -0.3 is 9.84 Å². The number of benzene rings is 1. The van der Waals surface area contributed by atoms with Gasteiger partial charge in [0.25, 0.3) is 0 Å². The zero-order valence-electron chi connectivity index (χ0n) is 9.88. The molecule has 1 aromatic carbocycles. The van der Waals surface area contributed by atoms with Gasteiger partial charge in [-0.25, -0.2) is 0 Å². The second-order valence-corrected chi connectivity index (χ2v) is 5.27. The summed E-state index contributed by atoms with van der Waals surface area (Å²) >= 11 is 6.16. The molecule has 16 heavy (non-hydrogen) atoms. The smallest absolute Gasteiger partial charge is 0.130 e. The van der Waals surface area contributed by atoms with Crippen molar-refractivity contribution in [1.82, 2.24) is 0 Å². The molecule has 0 radical (unpaired) electrons. The molecule has 2 nitrogen and oxygen atoms in total. The first-order chi connectivity index (χ1) is 7.43. The number of halogens is 1. The highest BCUT2D eigenvalue weighted by atomic mass is 35.5. The van der Waals surface area contributed by atoms with Crippen molar-refractivity contribution < 1.29 is 9.84 Å². The highest BCUT2D eigenvalue weighted by Gasteiger charge is 2.34. The zero-order chi connectivity index (χ0) is 11.9. The molecule has 0 saturated heterocycles. The average Bonchev–Trinajstić information content (AvgIpc) is 2.16. The van der Waals surface area contributed by atoms with Gasteiger partial charge in [0.15, 0.2) is 0 Å². The van der Waals surface area contributed by atoms with Crippen LogP contribution in [0.3, 0.4) is 0 Å². The van der Waals surface area contributed by atoms with E-state index in [9.17, 15) is 5.11 Å². The van der Waals surface area contributed by atoms with Crippen molar-refractivity contribution in [3.05, 3.63) is 28.3 Å². The van der Waals surface area contributed by atoms with Crippen LogP contribution in [0.4, 0.5) is 0 Å². The van der Waals surface area contributed by atoms with E-state index in [1.165, 1.54) is 0 Å². The van der Waals surface area contributed by atoms with Crippen molar-refractivity contribution in [2.24, 2.45) is 0 Å². The molecular formula is C13H17ClO2. The topological polar surface area (TPSA) is 29.5 Å². The van der Waals surface area contributed by atoms with Crippen molar-refractivity contribution in [3.8, 4) is 5.75 Å². The minimum absolute atomic E-state index is 0.361. The quantitative estimate of drug-likeness (QED) is 0.815. The van der Waals surface area contributed by atoms with Crippen molar-refractivity contribution in [1.29, 1.82) is 0 Å². The van der Waals surface area contributed by atoms with Gasteiger partial charge in [-0.3, -0.25) is 0 Å². The normalized spacial score (nSPS) is 24.1. The summed E-state index contributed by atoms with van der Waals surface area (Å²) < 4.78 is 5.69. The van der Waals surface area contributed by atoms with E-state index in [2.05, 4.69) is 13.8 Å². The van der Waals surface area contributed by atoms with Crippen LogP contribution in [-0.2, 0) is 5.60 Å². The van der Waals surface area contributed by atoms with Gasteiger partial charge in [-0.1, -0.05) is 31.5 Å². The second-order valence-electron chi connectivity index (χ2n) is 4.87. The van der Waals surface area contributed by atoms with E-state index in [1.54, 1.807) is 6.92 Å². The van der Waals surface area contributed by atoms with Gasteiger partial charge in [0, 0.05) is 12.0 Å². The van der Waals surface area contributed by atoms with Crippen LogP contribution in [-0.4, -0.2) is 11.7 Å². The Morgan fingerprint density at radius 3 is 2.75 bits per heavy atom. The number of rotatable bonds is 1. The van der Waals surface area contributed by atoms with Crippen LogP contribution in [0.2, 0.25) is 5.02 Å². The Balaban J connectivity index is 2.66. The Bertz CT molecular complexity index is 411. The predicted molar refractivity (Wildman–Crippen MR) is 65.2 cm³/mol. The highest BCUT2D eigenvalue weighted by molar-refractivity contribution is 6.31. The van der Waals surface area contributed by atoms with Crippen LogP contribution in [0.5, 0.6) is 5.75 Å². The van der Waals surface area contributed by atoms with Gasteiger partial charge in [0.1, 0.15) is 5.75 Å². The van der Waals surface area contributed by atoms with Gasteiger partial charge in [0.2, 0.25) is 0 Å². The van der Waals surface area contributed by atoms with Crippen LogP contribution in [0, 0.1) is 0 Å². The highest BCUT2D eigenvalue weighted by Crippen LogP contribution is 2.44. The first-order valence-corrected chi connectivity index (χ1v) is 5.99. The summed E-state index contributed by atoms with van der Waals surface area (Å²) in [5.41, 5.74) is 0.973. The summed E-state index contributed by atoms with van der Waals surface area (Å²) in [6.07, 6.45) is 0.585. The molecule has 88 valence electrons. The first-order valence-electron chi connectivity index (χ1n) is 5.61. The van der Waals surface area contributed by atoms with E-state index in [-0.39, 0.29) is 0 Å². The third kappa shape index (κ3) is 1.80. The van der Waals surface area contributed by atoms with Crippen LogP contribution in [0.25, 0.3) is 0 Å². The minimum Gasteiger partial charge on any atom is -0.493 e. The summed E-state index contributed by atoms with van der Waals surface area (Å²) in [7, 11) is 0. The van der Waals surface area contributed by atoms with E-state index < -0.39 is 5.60 Å². The van der Waals surface area contributed by atoms with Crippen molar-refractivity contribution in [3.63, 3.8) is 0 Å². The van der Waals surface area contributed by atoms with E-state index in [0.717, 1.165) is 16.9 Å². The summed E-state index contributed by atoms with van der Waals surface area (Å²) in [6, 6.07) is 3.83. The van der Waals surface area contributed by atoms with Gasteiger partial charge in [-0.05, 0) is 24.5 Å². The lowest BCUT2D eigenvalue weighted by atomic mass is 9.86. The number of hydrogen-bond acceptors (Lipinski definition) is 2. The first kappa shape index (κ1) is 11.7. The third-order valence-corrected chi connectivity index (χ3v) is 3.45. The molecular weight excluding hydrogens is 224 g/mol. The molecule has 2 rings (SSSR count). The maximum absolute atomic E-state index is 10.3. The molecule has 1 N–H and O–H groups in total. The molecule has 0 bridgehead atoms. The van der Waals surface area contributed by atoms with E-state index in [0.29, 0.717) is 24.0 Å². The Morgan fingerprint density at radius 1 is 1.44 bits per heavy atom. The monoisotopic (exact) mass is 240 g/mol. The summed E-state index contributed by atoms with van der Waals surface area (Å²) in [6.45, 7) is 6.55. The van der Waals surface area contributed by atoms with Crippen molar-refractivity contribution in [2.75, 3.05) is 6.61 Å². The summed E-state index contributed by atoms with van der Waals surface area (Å²) in [4.78, 5) is 0. The Labute approximate surface area is 101 Å². The van der Waals surface area contributed by atoms with Crippen LogP contribution in [0.1, 0.15) is 44.2 Å². The Morgan fingerprint density at radius 2 is 2.12 bits per heavy atom. The van der Waals surface area contributed by atoms with Crippen LogP contribution < -0.4 is 4.74 Å². The molecule has 3 heteroatoms. The molecule has 1 aromatic rings.